The average molecular weight is 404 g/mol. The number of anilines is 1. The molecule has 5 heteroatoms. The van der Waals surface area contributed by atoms with Crippen LogP contribution in [0.3, 0.4) is 0 Å². The van der Waals surface area contributed by atoms with Gasteiger partial charge >= 0.3 is 0 Å². The zero-order valence-corrected chi connectivity index (χ0v) is 18.5. The van der Waals surface area contributed by atoms with Gasteiger partial charge in [-0.05, 0) is 49.9 Å². The van der Waals surface area contributed by atoms with Gasteiger partial charge in [0.05, 0.1) is 17.6 Å². The van der Waals surface area contributed by atoms with Gasteiger partial charge in [0.15, 0.2) is 0 Å². The fourth-order valence-electron chi connectivity index (χ4n) is 3.72. The van der Waals surface area contributed by atoms with Gasteiger partial charge in [-0.25, -0.2) is 0 Å². The van der Waals surface area contributed by atoms with Crippen molar-refractivity contribution in [1.82, 2.24) is 9.88 Å². The average Bonchev–Trinajstić information content (AvgIpc) is 2.69. The van der Waals surface area contributed by atoms with Gasteiger partial charge in [0.2, 0.25) is 5.91 Å². The van der Waals surface area contributed by atoms with Crippen LogP contribution in [-0.2, 0) is 4.79 Å². The van der Waals surface area contributed by atoms with E-state index in [4.69, 9.17) is 0 Å². The van der Waals surface area contributed by atoms with Gasteiger partial charge in [0.1, 0.15) is 0 Å². The number of nitrogens with one attached hydrogen (secondary N) is 1. The summed E-state index contributed by atoms with van der Waals surface area (Å²) in [7, 11) is 1.65. The molecule has 0 atom stereocenters. The molecule has 0 radical (unpaired) electrons. The molecule has 0 aliphatic carbocycles. The van der Waals surface area contributed by atoms with Gasteiger partial charge in [0.25, 0.3) is 5.91 Å². The molecule has 5 nitrogen and oxygen atoms in total. The number of likely N-dealkylation sites (N-methyl/N-ethyl adjacent to an activating group) is 1. The molecule has 0 spiro atoms. The first-order chi connectivity index (χ1) is 14.2. The third-order valence-corrected chi connectivity index (χ3v) is 5.23. The Morgan fingerprint density at radius 1 is 1.03 bits per heavy atom. The lowest BCUT2D eigenvalue weighted by Gasteiger charge is -2.20. The molecule has 0 saturated heterocycles. The smallest absolute Gasteiger partial charge is 0.254 e. The summed E-state index contributed by atoms with van der Waals surface area (Å²) in [5.41, 5.74) is 6.20. The van der Waals surface area contributed by atoms with Crippen molar-refractivity contribution in [3.05, 3.63) is 70.4 Å². The van der Waals surface area contributed by atoms with Crippen LogP contribution in [0.25, 0.3) is 10.9 Å². The Labute approximate surface area is 178 Å². The first-order valence-corrected chi connectivity index (χ1v) is 10.2. The predicted molar refractivity (Wildman–Crippen MR) is 122 cm³/mol. The molecule has 156 valence electrons. The molecule has 2 aromatic carbocycles. The molecule has 0 unspecified atom stereocenters. The number of rotatable bonds is 5. The highest BCUT2D eigenvalue weighted by molar-refractivity contribution is 6.07. The van der Waals surface area contributed by atoms with Crippen LogP contribution in [0.15, 0.2) is 42.5 Å². The Bertz CT molecular complexity index is 1100. The Balaban J connectivity index is 1.83. The van der Waals surface area contributed by atoms with Crippen molar-refractivity contribution in [3.63, 3.8) is 0 Å². The molecule has 3 aromatic rings. The first-order valence-electron chi connectivity index (χ1n) is 10.2. The Morgan fingerprint density at radius 2 is 1.67 bits per heavy atom. The van der Waals surface area contributed by atoms with Crippen molar-refractivity contribution >= 4 is 28.4 Å². The number of carbonyl (C=O) groups is 2. The summed E-state index contributed by atoms with van der Waals surface area (Å²) < 4.78 is 0. The van der Waals surface area contributed by atoms with Crippen molar-refractivity contribution in [1.29, 1.82) is 0 Å². The predicted octanol–water partition coefficient (Wildman–Crippen LogP) is 4.99. The molecular formula is C25H29N3O2. The van der Waals surface area contributed by atoms with E-state index in [2.05, 4.69) is 24.1 Å². The summed E-state index contributed by atoms with van der Waals surface area (Å²) in [6, 6.07) is 13.5. The lowest BCUT2D eigenvalue weighted by atomic mass is 10.0. The van der Waals surface area contributed by atoms with Crippen molar-refractivity contribution in [2.45, 2.75) is 40.5 Å². The van der Waals surface area contributed by atoms with E-state index in [-0.39, 0.29) is 24.3 Å². The van der Waals surface area contributed by atoms with E-state index >= 15 is 0 Å². The van der Waals surface area contributed by atoms with E-state index in [1.165, 1.54) is 4.90 Å². The van der Waals surface area contributed by atoms with Gasteiger partial charge in [-0.1, -0.05) is 49.7 Å². The summed E-state index contributed by atoms with van der Waals surface area (Å²) in [5, 5.41) is 3.76. The lowest BCUT2D eigenvalue weighted by Crippen LogP contribution is -2.35. The number of amides is 2. The minimum Gasteiger partial charge on any atom is -0.332 e. The standard InChI is InChI=1S/C25H29N3O2/c1-15(2)22-13-20(19-9-7-8-10-21(19)26-22)25(30)28(6)14-23(29)27-24-17(4)11-16(3)12-18(24)5/h7-13,15H,14H2,1-6H3,(H,27,29). The maximum absolute atomic E-state index is 13.2. The van der Waals surface area contributed by atoms with E-state index in [0.717, 1.165) is 39.0 Å². The van der Waals surface area contributed by atoms with Crippen LogP contribution < -0.4 is 5.32 Å². The summed E-state index contributed by atoms with van der Waals surface area (Å²) in [6.07, 6.45) is 0. The molecule has 1 heterocycles. The number of carbonyl (C=O) groups excluding carboxylic acids is 2. The van der Waals surface area contributed by atoms with Crippen molar-refractivity contribution in [2.24, 2.45) is 0 Å². The molecule has 0 fully saturated rings. The van der Waals surface area contributed by atoms with Gasteiger partial charge in [-0.3, -0.25) is 14.6 Å². The highest BCUT2D eigenvalue weighted by atomic mass is 16.2. The normalized spacial score (nSPS) is 11.0. The molecule has 0 bridgehead atoms. The SMILES string of the molecule is Cc1cc(C)c(NC(=O)CN(C)C(=O)c2cc(C(C)C)nc3ccccc23)c(C)c1. The van der Waals surface area contributed by atoms with Crippen molar-refractivity contribution < 1.29 is 9.59 Å². The highest BCUT2D eigenvalue weighted by Crippen LogP contribution is 2.24. The van der Waals surface area contributed by atoms with Gasteiger partial charge in [-0.2, -0.15) is 0 Å². The summed E-state index contributed by atoms with van der Waals surface area (Å²) in [4.78, 5) is 32.0. The quantitative estimate of drug-likeness (QED) is 0.652. The van der Waals surface area contributed by atoms with E-state index in [0.29, 0.717) is 5.56 Å². The molecule has 0 aliphatic rings. The number of aromatic nitrogens is 1. The van der Waals surface area contributed by atoms with Crippen LogP contribution in [0.5, 0.6) is 0 Å². The van der Waals surface area contributed by atoms with Crippen LogP contribution >= 0.6 is 0 Å². The molecule has 30 heavy (non-hydrogen) atoms. The zero-order chi connectivity index (χ0) is 22.0. The third-order valence-electron chi connectivity index (χ3n) is 5.23. The second-order valence-electron chi connectivity index (χ2n) is 8.25. The molecule has 1 aromatic heterocycles. The van der Waals surface area contributed by atoms with Gasteiger partial charge in [-0.15, -0.1) is 0 Å². The Kier molecular flexibility index (Phi) is 6.20. The van der Waals surface area contributed by atoms with E-state index in [9.17, 15) is 9.59 Å². The third kappa shape index (κ3) is 4.51. The van der Waals surface area contributed by atoms with Crippen LogP contribution in [0.2, 0.25) is 0 Å². The Hall–Kier alpha value is -3.21. The van der Waals surface area contributed by atoms with Crippen molar-refractivity contribution in [2.75, 3.05) is 18.9 Å². The molecule has 0 aliphatic heterocycles. The number of nitrogens with zero attached hydrogens (tertiary/aromatic N) is 2. The van der Waals surface area contributed by atoms with Gasteiger partial charge < -0.3 is 10.2 Å². The number of hydrogen-bond donors (Lipinski definition) is 1. The topological polar surface area (TPSA) is 62.3 Å². The number of fused-ring (bicyclic) bond motifs is 1. The number of pyridine rings is 1. The summed E-state index contributed by atoms with van der Waals surface area (Å²) in [5.74, 6) is -0.214. The molecule has 1 N–H and O–H groups in total. The number of benzene rings is 2. The van der Waals surface area contributed by atoms with Crippen molar-refractivity contribution in [3.8, 4) is 0 Å². The number of para-hydroxylation sites is 1. The number of hydrogen-bond acceptors (Lipinski definition) is 3. The molecule has 2 amide bonds. The largest absolute Gasteiger partial charge is 0.332 e. The van der Waals surface area contributed by atoms with Crippen LogP contribution in [-0.4, -0.2) is 35.3 Å². The van der Waals surface area contributed by atoms with Crippen LogP contribution in [0.1, 0.15) is 52.5 Å². The molecule has 0 saturated carbocycles. The fraction of sp³-hybridized carbons (Fsp3) is 0.320. The van der Waals surface area contributed by atoms with E-state index in [1.807, 2.05) is 63.2 Å². The second kappa shape index (κ2) is 8.66. The van der Waals surface area contributed by atoms with E-state index in [1.54, 1.807) is 7.05 Å². The number of aryl methyl sites for hydroxylation is 3. The lowest BCUT2D eigenvalue weighted by molar-refractivity contribution is -0.116. The molecular weight excluding hydrogens is 374 g/mol. The maximum atomic E-state index is 13.2. The van der Waals surface area contributed by atoms with Gasteiger partial charge in [0, 0.05) is 23.8 Å². The monoisotopic (exact) mass is 403 g/mol. The minimum absolute atomic E-state index is 0.0285. The van der Waals surface area contributed by atoms with Crippen LogP contribution in [0, 0.1) is 20.8 Å². The fourth-order valence-corrected chi connectivity index (χ4v) is 3.72. The van der Waals surface area contributed by atoms with E-state index < -0.39 is 0 Å². The zero-order valence-electron chi connectivity index (χ0n) is 18.5. The minimum atomic E-state index is -0.219. The highest BCUT2D eigenvalue weighted by Gasteiger charge is 2.20. The summed E-state index contributed by atoms with van der Waals surface area (Å²) in [6.45, 7) is 10.0. The Morgan fingerprint density at radius 3 is 2.30 bits per heavy atom. The summed E-state index contributed by atoms with van der Waals surface area (Å²) >= 11 is 0. The maximum Gasteiger partial charge on any atom is 0.254 e. The second-order valence-corrected chi connectivity index (χ2v) is 8.25. The van der Waals surface area contributed by atoms with Crippen LogP contribution in [0.4, 0.5) is 5.69 Å². The first kappa shape index (κ1) is 21.5. The molecule has 3 rings (SSSR count).